The summed E-state index contributed by atoms with van der Waals surface area (Å²) >= 11 is 0. The van der Waals surface area contributed by atoms with E-state index in [4.69, 9.17) is 9.47 Å². The number of hydrogen-bond donors (Lipinski definition) is 1. The minimum atomic E-state index is -2.54. The smallest absolute Gasteiger partial charge is 0.407 e. The van der Waals surface area contributed by atoms with Crippen LogP contribution in [0, 0.1) is 5.92 Å². The molecule has 1 N–H and O–H groups in total. The van der Waals surface area contributed by atoms with Crippen LogP contribution in [0.15, 0.2) is 12.1 Å². The highest BCUT2D eigenvalue weighted by molar-refractivity contribution is 5.76. The molecular weight excluding hydrogens is 432 g/mol. The van der Waals surface area contributed by atoms with Crippen LogP contribution in [-0.2, 0) is 22.4 Å². The summed E-state index contributed by atoms with van der Waals surface area (Å²) in [6, 6.07) is 3.56. The molecule has 1 aromatic rings. The molecule has 184 valence electrons. The number of carbonyl (C=O) groups is 2. The molecular formula is C24H35F2N3O4. The zero-order valence-corrected chi connectivity index (χ0v) is 19.7. The minimum absolute atomic E-state index is 0.0893. The van der Waals surface area contributed by atoms with Gasteiger partial charge in [-0.3, -0.25) is 4.79 Å². The van der Waals surface area contributed by atoms with E-state index in [0.29, 0.717) is 38.3 Å². The topological polar surface area (TPSA) is 80.8 Å². The average molecular weight is 468 g/mol. The molecule has 33 heavy (non-hydrogen) atoms. The molecule has 0 saturated heterocycles. The number of alkyl halides is 2. The summed E-state index contributed by atoms with van der Waals surface area (Å²) in [7, 11) is 0. The molecule has 2 amide bonds. The quantitative estimate of drug-likeness (QED) is 0.681. The van der Waals surface area contributed by atoms with Crippen LogP contribution in [0.5, 0.6) is 5.88 Å². The van der Waals surface area contributed by atoms with Gasteiger partial charge >= 0.3 is 6.09 Å². The summed E-state index contributed by atoms with van der Waals surface area (Å²) in [5.41, 5.74) is 1.32. The molecule has 0 bridgehead atoms. The lowest BCUT2D eigenvalue weighted by Gasteiger charge is -2.31. The maximum absolute atomic E-state index is 12.9. The van der Waals surface area contributed by atoms with Crippen LogP contribution in [0.25, 0.3) is 0 Å². The number of rotatable bonds is 6. The van der Waals surface area contributed by atoms with Crippen molar-refractivity contribution >= 4 is 12.0 Å². The van der Waals surface area contributed by atoms with Crippen molar-refractivity contribution in [3.05, 3.63) is 23.4 Å². The second kappa shape index (κ2) is 11.1. The Bertz CT molecular complexity index is 820. The van der Waals surface area contributed by atoms with Gasteiger partial charge in [0.15, 0.2) is 6.61 Å². The molecule has 0 atom stereocenters. The van der Waals surface area contributed by atoms with Gasteiger partial charge in [0.1, 0.15) is 5.60 Å². The highest BCUT2D eigenvalue weighted by Gasteiger charge is 2.28. The first kappa shape index (κ1) is 25.2. The van der Waals surface area contributed by atoms with Crippen LogP contribution in [0.1, 0.15) is 64.1 Å². The molecule has 2 heterocycles. The molecule has 1 aliphatic heterocycles. The van der Waals surface area contributed by atoms with Gasteiger partial charge in [-0.2, -0.15) is 0 Å². The zero-order chi connectivity index (χ0) is 24.0. The highest BCUT2D eigenvalue weighted by Crippen LogP contribution is 2.28. The van der Waals surface area contributed by atoms with Crippen molar-refractivity contribution in [1.82, 2.24) is 15.2 Å². The van der Waals surface area contributed by atoms with Gasteiger partial charge in [-0.05, 0) is 64.4 Å². The number of alkyl carbamates (subject to hydrolysis) is 1. The number of fused-ring (bicyclic) bond motifs is 1. The molecule has 2 aliphatic rings. The second-order valence-corrected chi connectivity index (χ2v) is 9.91. The molecule has 9 heteroatoms. The first-order valence-electron chi connectivity index (χ1n) is 11.8. The zero-order valence-electron chi connectivity index (χ0n) is 19.7. The van der Waals surface area contributed by atoms with Crippen molar-refractivity contribution in [3.8, 4) is 5.88 Å². The van der Waals surface area contributed by atoms with Gasteiger partial charge in [-0.25, -0.2) is 18.6 Å². The largest absolute Gasteiger partial charge is 0.472 e. The van der Waals surface area contributed by atoms with Gasteiger partial charge in [-0.1, -0.05) is 6.07 Å². The molecule has 0 unspecified atom stereocenters. The third-order valence-electron chi connectivity index (χ3n) is 6.05. The number of amides is 2. The van der Waals surface area contributed by atoms with Crippen LogP contribution in [0.3, 0.4) is 0 Å². The third-order valence-corrected chi connectivity index (χ3v) is 6.05. The van der Waals surface area contributed by atoms with Crippen LogP contribution < -0.4 is 10.1 Å². The van der Waals surface area contributed by atoms with E-state index in [9.17, 15) is 18.4 Å². The van der Waals surface area contributed by atoms with Crippen molar-refractivity contribution in [3.63, 3.8) is 0 Å². The summed E-state index contributed by atoms with van der Waals surface area (Å²) in [5.74, 6) is 0.651. The summed E-state index contributed by atoms with van der Waals surface area (Å²) in [6.07, 6.45) is 2.33. The lowest BCUT2D eigenvalue weighted by atomic mass is 9.84. The Morgan fingerprint density at radius 3 is 2.52 bits per heavy atom. The van der Waals surface area contributed by atoms with Crippen molar-refractivity contribution in [2.45, 2.75) is 83.8 Å². The molecule has 1 saturated carbocycles. The molecule has 0 aromatic carbocycles. The number of ether oxygens (including phenoxy) is 2. The van der Waals surface area contributed by atoms with E-state index in [1.54, 1.807) is 6.07 Å². The third kappa shape index (κ3) is 8.12. The normalized spacial score (nSPS) is 21.2. The summed E-state index contributed by atoms with van der Waals surface area (Å²) in [4.78, 5) is 31.2. The van der Waals surface area contributed by atoms with E-state index in [-0.39, 0.29) is 23.9 Å². The Balaban J connectivity index is 1.43. The summed E-state index contributed by atoms with van der Waals surface area (Å²) < 4.78 is 35.1. The first-order valence-corrected chi connectivity index (χ1v) is 11.8. The maximum Gasteiger partial charge on any atom is 0.407 e. The van der Waals surface area contributed by atoms with Gasteiger partial charge in [-0.15, -0.1) is 0 Å². The van der Waals surface area contributed by atoms with Crippen molar-refractivity contribution < 1.29 is 27.8 Å². The van der Waals surface area contributed by atoms with E-state index in [0.717, 1.165) is 36.9 Å². The number of halogens is 2. The Hall–Kier alpha value is -2.45. The molecule has 7 nitrogen and oxygen atoms in total. The maximum atomic E-state index is 12.9. The standard InChI is InChI=1S/C24H35F2N3O4/c1-24(2,3)33-23(31)27-18-7-4-16(5-8-18)14-22(30)29-12-10-17-6-9-21(32-15-20(25)26)28-19(17)11-13-29/h6,9,16,18,20H,4-5,7-8,10-15H2,1-3H3,(H,27,31)/t16-,18-. The van der Waals surface area contributed by atoms with Gasteiger partial charge in [0.05, 0.1) is 0 Å². The predicted molar refractivity (Wildman–Crippen MR) is 119 cm³/mol. The Morgan fingerprint density at radius 2 is 1.85 bits per heavy atom. The Labute approximate surface area is 194 Å². The number of pyridine rings is 1. The molecule has 1 fully saturated rings. The Kier molecular flexibility index (Phi) is 8.48. The number of carbonyl (C=O) groups excluding carboxylic acids is 2. The molecule has 0 spiro atoms. The van der Waals surface area contributed by atoms with E-state index in [1.807, 2.05) is 31.7 Å². The number of nitrogens with one attached hydrogen (secondary N) is 1. The number of aromatic nitrogens is 1. The predicted octanol–water partition coefficient (Wildman–Crippen LogP) is 4.13. The van der Waals surface area contributed by atoms with Gasteiger partial charge in [0.2, 0.25) is 11.8 Å². The number of hydrogen-bond acceptors (Lipinski definition) is 5. The van der Waals surface area contributed by atoms with Crippen LogP contribution in [0.2, 0.25) is 0 Å². The van der Waals surface area contributed by atoms with Gasteiger partial charge < -0.3 is 19.7 Å². The second-order valence-electron chi connectivity index (χ2n) is 9.91. The average Bonchev–Trinajstić information content (AvgIpc) is 2.94. The fourth-order valence-electron chi connectivity index (χ4n) is 4.40. The number of nitrogens with zero attached hydrogens (tertiary/aromatic N) is 2. The van der Waals surface area contributed by atoms with Gasteiger partial charge in [0.25, 0.3) is 6.43 Å². The summed E-state index contributed by atoms with van der Waals surface area (Å²) in [6.45, 7) is 6.03. The molecule has 1 aromatic heterocycles. The monoisotopic (exact) mass is 467 g/mol. The SMILES string of the molecule is CC(C)(C)OC(=O)N[C@H]1CC[C@H](CC(=O)N2CCc3ccc(OCC(F)F)nc3CC2)CC1. The highest BCUT2D eigenvalue weighted by atomic mass is 19.3. The fraction of sp³-hybridized carbons (Fsp3) is 0.708. The summed E-state index contributed by atoms with van der Waals surface area (Å²) in [5, 5.41) is 2.94. The van der Waals surface area contributed by atoms with E-state index >= 15 is 0 Å². The molecule has 3 rings (SSSR count). The van der Waals surface area contributed by atoms with Crippen LogP contribution >= 0.6 is 0 Å². The molecule has 0 radical (unpaired) electrons. The lowest BCUT2D eigenvalue weighted by Crippen LogP contribution is -2.41. The Morgan fingerprint density at radius 1 is 1.15 bits per heavy atom. The molecule has 1 aliphatic carbocycles. The van der Waals surface area contributed by atoms with E-state index in [2.05, 4.69) is 10.3 Å². The van der Waals surface area contributed by atoms with Crippen LogP contribution in [0.4, 0.5) is 13.6 Å². The first-order chi connectivity index (χ1) is 15.6. The van der Waals surface area contributed by atoms with Crippen molar-refractivity contribution in [1.29, 1.82) is 0 Å². The van der Waals surface area contributed by atoms with Crippen LogP contribution in [-0.4, -0.2) is 59.6 Å². The van der Waals surface area contributed by atoms with Crippen molar-refractivity contribution in [2.75, 3.05) is 19.7 Å². The lowest BCUT2D eigenvalue weighted by molar-refractivity contribution is -0.132. The van der Waals surface area contributed by atoms with E-state index < -0.39 is 18.6 Å². The van der Waals surface area contributed by atoms with Crippen molar-refractivity contribution in [2.24, 2.45) is 5.92 Å². The minimum Gasteiger partial charge on any atom is -0.472 e. The fourth-order valence-corrected chi connectivity index (χ4v) is 4.40. The van der Waals surface area contributed by atoms with E-state index in [1.165, 1.54) is 0 Å². The van der Waals surface area contributed by atoms with Gasteiger partial charge in [0, 0.05) is 43.7 Å².